The van der Waals surface area contributed by atoms with E-state index in [-0.39, 0.29) is 16.7 Å². The van der Waals surface area contributed by atoms with Crippen LogP contribution in [0.4, 0.5) is 5.69 Å². The van der Waals surface area contributed by atoms with E-state index in [0.717, 1.165) is 29.9 Å². The number of hydrogen-bond acceptors (Lipinski definition) is 5. The smallest absolute Gasteiger partial charge is 0.253 e. The van der Waals surface area contributed by atoms with Crippen molar-refractivity contribution in [3.05, 3.63) is 83.2 Å². The highest BCUT2D eigenvalue weighted by Gasteiger charge is 2.42. The monoisotopic (exact) mass is 467 g/mol. The van der Waals surface area contributed by atoms with Gasteiger partial charge in [0.15, 0.2) is 0 Å². The van der Waals surface area contributed by atoms with Crippen LogP contribution in [0.5, 0.6) is 0 Å². The van der Waals surface area contributed by atoms with E-state index in [9.17, 15) is 13.2 Å². The van der Waals surface area contributed by atoms with Gasteiger partial charge in [-0.05, 0) is 41.1 Å². The van der Waals surface area contributed by atoms with Gasteiger partial charge in [0, 0.05) is 38.4 Å². The third kappa shape index (κ3) is 3.94. The summed E-state index contributed by atoms with van der Waals surface area (Å²) in [6.45, 7) is 2.85. The molecule has 3 aromatic rings. The standard InChI is InChI=1S/C24H25N3O3S2/c28-24(26-14-12-25(13-15-26)21-9-2-1-3-10-21)22-17-19-7-4-5-8-20(19)18-27(22)32(29,30)23-11-6-16-31-23/h1-11,16,22H,12-15,17-18H2/t22-/m1/s1. The minimum absolute atomic E-state index is 0.104. The van der Waals surface area contributed by atoms with Crippen molar-refractivity contribution in [2.45, 2.75) is 23.2 Å². The molecule has 0 unspecified atom stereocenters. The Balaban J connectivity index is 1.39. The molecular formula is C24H25N3O3S2. The molecule has 166 valence electrons. The number of benzene rings is 2. The fourth-order valence-corrected chi connectivity index (χ4v) is 7.20. The zero-order valence-electron chi connectivity index (χ0n) is 17.6. The van der Waals surface area contributed by atoms with Gasteiger partial charge in [0.2, 0.25) is 5.91 Å². The summed E-state index contributed by atoms with van der Waals surface area (Å²) < 4.78 is 28.6. The zero-order chi connectivity index (χ0) is 22.1. The van der Waals surface area contributed by atoms with E-state index in [4.69, 9.17) is 0 Å². The Labute approximate surface area is 192 Å². The molecule has 1 aromatic heterocycles. The van der Waals surface area contributed by atoms with Gasteiger partial charge in [0.1, 0.15) is 10.3 Å². The fourth-order valence-electron chi connectivity index (χ4n) is 4.52. The number of anilines is 1. The van der Waals surface area contributed by atoms with Crippen LogP contribution in [-0.2, 0) is 27.8 Å². The van der Waals surface area contributed by atoms with Crippen molar-refractivity contribution in [1.29, 1.82) is 0 Å². The lowest BCUT2D eigenvalue weighted by Gasteiger charge is -2.41. The second kappa shape index (κ2) is 8.69. The van der Waals surface area contributed by atoms with Gasteiger partial charge in [0.05, 0.1) is 0 Å². The van der Waals surface area contributed by atoms with Crippen molar-refractivity contribution in [3.63, 3.8) is 0 Å². The van der Waals surface area contributed by atoms with Gasteiger partial charge in [-0.1, -0.05) is 48.5 Å². The Kier molecular flexibility index (Phi) is 5.75. The maximum atomic E-state index is 13.6. The van der Waals surface area contributed by atoms with Crippen molar-refractivity contribution >= 4 is 33.0 Å². The van der Waals surface area contributed by atoms with E-state index in [0.29, 0.717) is 19.5 Å². The number of fused-ring (bicyclic) bond motifs is 1. The molecule has 2 aliphatic heterocycles. The normalized spacial score (nSPS) is 19.6. The molecule has 3 heterocycles. The quantitative estimate of drug-likeness (QED) is 0.591. The number of thiophene rings is 1. The van der Waals surface area contributed by atoms with Crippen molar-refractivity contribution in [2.24, 2.45) is 0 Å². The molecule has 0 saturated carbocycles. The third-order valence-corrected chi connectivity index (χ3v) is 9.49. The van der Waals surface area contributed by atoms with Crippen LogP contribution in [0, 0.1) is 0 Å². The maximum Gasteiger partial charge on any atom is 0.253 e. The summed E-state index contributed by atoms with van der Waals surface area (Å²) in [6, 6.07) is 20.6. The summed E-state index contributed by atoms with van der Waals surface area (Å²) in [4.78, 5) is 17.7. The highest BCUT2D eigenvalue weighted by molar-refractivity contribution is 7.91. The Bertz CT molecular complexity index is 1190. The number of amides is 1. The summed E-state index contributed by atoms with van der Waals surface area (Å²) >= 11 is 1.19. The van der Waals surface area contributed by atoms with Gasteiger partial charge in [-0.3, -0.25) is 4.79 Å². The average molecular weight is 468 g/mol. The molecule has 1 saturated heterocycles. The molecule has 1 amide bonds. The molecule has 0 N–H and O–H groups in total. The first-order valence-corrected chi connectivity index (χ1v) is 13.1. The lowest BCUT2D eigenvalue weighted by molar-refractivity contribution is -0.136. The van der Waals surface area contributed by atoms with Crippen molar-refractivity contribution in [1.82, 2.24) is 9.21 Å². The van der Waals surface area contributed by atoms with Crippen LogP contribution in [0.25, 0.3) is 0 Å². The topological polar surface area (TPSA) is 60.9 Å². The molecule has 0 spiro atoms. The van der Waals surface area contributed by atoms with Crippen LogP contribution in [0.2, 0.25) is 0 Å². The first-order chi connectivity index (χ1) is 15.5. The minimum atomic E-state index is -3.75. The van der Waals surface area contributed by atoms with Crippen LogP contribution in [-0.4, -0.2) is 55.8 Å². The molecule has 2 aliphatic rings. The fraction of sp³-hybridized carbons (Fsp3) is 0.292. The summed E-state index contributed by atoms with van der Waals surface area (Å²) in [5.74, 6) is -0.104. The van der Waals surface area contributed by atoms with E-state index >= 15 is 0 Å². The van der Waals surface area contributed by atoms with Gasteiger partial charge in [-0.25, -0.2) is 8.42 Å². The number of piperazine rings is 1. The van der Waals surface area contributed by atoms with Gasteiger partial charge < -0.3 is 9.80 Å². The maximum absolute atomic E-state index is 13.6. The highest BCUT2D eigenvalue weighted by atomic mass is 32.2. The molecule has 0 aliphatic carbocycles. The summed E-state index contributed by atoms with van der Waals surface area (Å²) in [6.07, 6.45) is 0.401. The summed E-state index contributed by atoms with van der Waals surface area (Å²) in [5.41, 5.74) is 3.16. The third-order valence-electron chi connectivity index (χ3n) is 6.26. The largest absolute Gasteiger partial charge is 0.368 e. The Morgan fingerprint density at radius 1 is 0.844 bits per heavy atom. The molecule has 0 bridgehead atoms. The first-order valence-electron chi connectivity index (χ1n) is 10.7. The molecule has 32 heavy (non-hydrogen) atoms. The Morgan fingerprint density at radius 3 is 2.22 bits per heavy atom. The lowest BCUT2D eigenvalue weighted by Crippen LogP contribution is -2.57. The van der Waals surface area contributed by atoms with Crippen molar-refractivity contribution in [2.75, 3.05) is 31.1 Å². The van der Waals surface area contributed by atoms with Crippen LogP contribution < -0.4 is 4.90 Å². The number of rotatable bonds is 4. The lowest BCUT2D eigenvalue weighted by atomic mass is 9.95. The molecule has 1 atom stereocenters. The molecular weight excluding hydrogens is 442 g/mol. The minimum Gasteiger partial charge on any atom is -0.368 e. The highest BCUT2D eigenvalue weighted by Crippen LogP contribution is 2.32. The van der Waals surface area contributed by atoms with E-state index in [1.54, 1.807) is 17.5 Å². The number of carbonyl (C=O) groups is 1. The first kappa shape index (κ1) is 21.2. The molecule has 2 aromatic carbocycles. The number of carbonyl (C=O) groups excluding carboxylic acids is 1. The number of para-hydroxylation sites is 1. The second-order valence-electron chi connectivity index (χ2n) is 8.12. The predicted octanol–water partition coefficient (Wildman–Crippen LogP) is 3.21. The van der Waals surface area contributed by atoms with Gasteiger partial charge >= 0.3 is 0 Å². The molecule has 5 rings (SSSR count). The zero-order valence-corrected chi connectivity index (χ0v) is 19.3. The van der Waals surface area contributed by atoms with E-state index < -0.39 is 16.1 Å². The van der Waals surface area contributed by atoms with Gasteiger partial charge in [-0.2, -0.15) is 4.31 Å². The second-order valence-corrected chi connectivity index (χ2v) is 11.2. The van der Waals surface area contributed by atoms with E-state index in [1.807, 2.05) is 47.4 Å². The Morgan fingerprint density at radius 2 is 1.53 bits per heavy atom. The Hall–Kier alpha value is -2.68. The SMILES string of the molecule is O=C([C@H]1Cc2ccccc2CN1S(=O)(=O)c1cccs1)N1CCN(c2ccccc2)CC1. The average Bonchev–Trinajstić information content (AvgIpc) is 3.39. The van der Waals surface area contributed by atoms with E-state index in [1.165, 1.54) is 15.6 Å². The molecule has 0 radical (unpaired) electrons. The number of nitrogens with zero attached hydrogens (tertiary/aromatic N) is 3. The summed E-state index contributed by atoms with van der Waals surface area (Å²) in [5, 5.41) is 1.75. The van der Waals surface area contributed by atoms with Gasteiger partial charge in [-0.15, -0.1) is 11.3 Å². The van der Waals surface area contributed by atoms with Crippen molar-refractivity contribution in [3.8, 4) is 0 Å². The molecule has 6 nitrogen and oxygen atoms in total. The van der Waals surface area contributed by atoms with E-state index in [2.05, 4.69) is 17.0 Å². The number of sulfonamides is 1. The summed E-state index contributed by atoms with van der Waals surface area (Å²) in [7, 11) is -3.75. The predicted molar refractivity (Wildman–Crippen MR) is 126 cm³/mol. The molecule has 1 fully saturated rings. The van der Waals surface area contributed by atoms with Crippen LogP contribution in [0.3, 0.4) is 0 Å². The molecule has 8 heteroatoms. The van der Waals surface area contributed by atoms with Crippen LogP contribution in [0.1, 0.15) is 11.1 Å². The van der Waals surface area contributed by atoms with Crippen molar-refractivity contribution < 1.29 is 13.2 Å². The number of hydrogen-bond donors (Lipinski definition) is 0. The van der Waals surface area contributed by atoms with Gasteiger partial charge in [0.25, 0.3) is 10.0 Å². The van der Waals surface area contributed by atoms with Crippen LogP contribution >= 0.6 is 11.3 Å². The van der Waals surface area contributed by atoms with Crippen LogP contribution in [0.15, 0.2) is 76.3 Å².